The van der Waals surface area contributed by atoms with Gasteiger partial charge in [-0.25, -0.2) is 0 Å². The van der Waals surface area contributed by atoms with E-state index in [4.69, 9.17) is 0 Å². The van der Waals surface area contributed by atoms with Crippen LogP contribution in [-0.2, 0) is 9.59 Å². The van der Waals surface area contributed by atoms with Crippen LogP contribution < -0.4 is 5.32 Å². The van der Waals surface area contributed by atoms with Gasteiger partial charge in [-0.1, -0.05) is 34.1 Å². The Balaban J connectivity index is 2.80. The number of aliphatic hydroxyl groups excluding tert-OH is 1. The maximum atomic E-state index is 12.7. The van der Waals surface area contributed by atoms with E-state index in [-0.39, 0.29) is 17.9 Å². The summed E-state index contributed by atoms with van der Waals surface area (Å²) >= 11 is 0. The van der Waals surface area contributed by atoms with Crippen molar-refractivity contribution >= 4 is 11.8 Å². The molecule has 1 saturated heterocycles. The van der Waals surface area contributed by atoms with Crippen molar-refractivity contribution in [3.8, 4) is 0 Å². The van der Waals surface area contributed by atoms with E-state index >= 15 is 0 Å². The zero-order chi connectivity index (χ0) is 16.2. The fourth-order valence-electron chi connectivity index (χ4n) is 2.68. The Labute approximate surface area is 128 Å². The zero-order valence-corrected chi connectivity index (χ0v) is 14.0. The standard InChI is InChI=1S/C16H30N2O3/c1-6-8-12-9-7-10-18(12)14(20)13(11(2)19)17-15(21)16(3,4)5/h11-13,19H,6-10H2,1-5H3,(H,17,21). The first kappa shape index (κ1) is 18.0. The third-order valence-corrected chi connectivity index (χ3v) is 4.00. The van der Waals surface area contributed by atoms with E-state index in [0.29, 0.717) is 0 Å². The van der Waals surface area contributed by atoms with Crippen LogP contribution in [0.1, 0.15) is 60.3 Å². The summed E-state index contributed by atoms with van der Waals surface area (Å²) in [5.74, 6) is -0.369. The summed E-state index contributed by atoms with van der Waals surface area (Å²) in [5.41, 5.74) is -0.582. The molecule has 0 aliphatic carbocycles. The summed E-state index contributed by atoms with van der Waals surface area (Å²) < 4.78 is 0. The lowest BCUT2D eigenvalue weighted by molar-refractivity contribution is -0.142. The Bertz CT molecular complexity index is 374. The van der Waals surface area contributed by atoms with Crippen molar-refractivity contribution in [3.05, 3.63) is 0 Å². The third-order valence-electron chi connectivity index (χ3n) is 4.00. The van der Waals surface area contributed by atoms with Gasteiger partial charge in [0.2, 0.25) is 11.8 Å². The van der Waals surface area contributed by atoms with E-state index in [1.165, 1.54) is 0 Å². The van der Waals surface area contributed by atoms with Gasteiger partial charge >= 0.3 is 0 Å². The molecule has 0 saturated carbocycles. The van der Waals surface area contributed by atoms with Gasteiger partial charge in [-0.2, -0.15) is 0 Å². The lowest BCUT2D eigenvalue weighted by atomic mass is 9.94. The number of hydrogen-bond donors (Lipinski definition) is 2. The molecule has 1 fully saturated rings. The van der Waals surface area contributed by atoms with Gasteiger partial charge in [0.25, 0.3) is 0 Å². The monoisotopic (exact) mass is 298 g/mol. The predicted molar refractivity (Wildman–Crippen MR) is 82.7 cm³/mol. The number of amides is 2. The summed E-state index contributed by atoms with van der Waals surface area (Å²) in [6, 6.07) is -0.607. The predicted octanol–water partition coefficient (Wildman–Crippen LogP) is 1.69. The highest BCUT2D eigenvalue weighted by Crippen LogP contribution is 2.23. The van der Waals surface area contributed by atoms with E-state index in [2.05, 4.69) is 12.2 Å². The highest BCUT2D eigenvalue weighted by Gasteiger charge is 2.37. The first-order valence-electron chi connectivity index (χ1n) is 7.98. The molecule has 3 atom stereocenters. The van der Waals surface area contributed by atoms with Crippen LogP contribution in [0.15, 0.2) is 0 Å². The van der Waals surface area contributed by atoms with Gasteiger partial charge < -0.3 is 15.3 Å². The number of carbonyl (C=O) groups is 2. The molecular formula is C16H30N2O3. The van der Waals surface area contributed by atoms with Crippen LogP contribution in [0.4, 0.5) is 0 Å². The van der Waals surface area contributed by atoms with Crippen molar-refractivity contribution in [2.75, 3.05) is 6.54 Å². The summed E-state index contributed by atoms with van der Waals surface area (Å²) in [6.07, 6.45) is 3.12. The fraction of sp³-hybridized carbons (Fsp3) is 0.875. The normalized spacial score (nSPS) is 22.0. The van der Waals surface area contributed by atoms with E-state index < -0.39 is 17.6 Å². The van der Waals surface area contributed by atoms with Gasteiger partial charge in [-0.15, -0.1) is 0 Å². The van der Waals surface area contributed by atoms with E-state index in [1.54, 1.807) is 27.7 Å². The first-order chi connectivity index (χ1) is 9.68. The molecule has 2 amide bonds. The number of nitrogens with one attached hydrogen (secondary N) is 1. The van der Waals surface area contributed by atoms with Crippen LogP contribution in [0, 0.1) is 5.41 Å². The summed E-state index contributed by atoms with van der Waals surface area (Å²) in [7, 11) is 0. The average molecular weight is 298 g/mol. The number of aliphatic hydroxyl groups is 1. The van der Waals surface area contributed by atoms with Gasteiger partial charge in [-0.05, 0) is 26.2 Å². The topological polar surface area (TPSA) is 69.6 Å². The lowest BCUT2D eigenvalue weighted by Gasteiger charge is -2.32. The SMILES string of the molecule is CCCC1CCCN1C(=O)C(NC(=O)C(C)(C)C)C(C)O. The number of nitrogens with zero attached hydrogens (tertiary/aromatic N) is 1. The first-order valence-corrected chi connectivity index (χ1v) is 7.98. The average Bonchev–Trinajstić information content (AvgIpc) is 2.82. The van der Waals surface area contributed by atoms with Crippen LogP contribution in [0.2, 0.25) is 0 Å². The fourth-order valence-corrected chi connectivity index (χ4v) is 2.68. The van der Waals surface area contributed by atoms with Crippen molar-refractivity contribution in [1.29, 1.82) is 0 Å². The van der Waals surface area contributed by atoms with E-state index in [1.807, 2.05) is 4.90 Å². The van der Waals surface area contributed by atoms with Crippen molar-refractivity contribution < 1.29 is 14.7 Å². The van der Waals surface area contributed by atoms with Gasteiger partial charge in [0.1, 0.15) is 6.04 Å². The van der Waals surface area contributed by atoms with Crippen molar-refractivity contribution in [3.63, 3.8) is 0 Å². The molecular weight excluding hydrogens is 268 g/mol. The smallest absolute Gasteiger partial charge is 0.248 e. The molecule has 0 aromatic heterocycles. The quantitative estimate of drug-likeness (QED) is 0.811. The molecule has 2 N–H and O–H groups in total. The van der Waals surface area contributed by atoms with Crippen LogP contribution >= 0.6 is 0 Å². The van der Waals surface area contributed by atoms with Gasteiger partial charge in [0, 0.05) is 18.0 Å². The Morgan fingerprint density at radius 1 is 1.38 bits per heavy atom. The minimum absolute atomic E-state index is 0.154. The molecule has 1 aliphatic rings. The molecule has 1 aliphatic heterocycles. The summed E-state index contributed by atoms with van der Waals surface area (Å²) in [4.78, 5) is 26.6. The summed E-state index contributed by atoms with van der Waals surface area (Å²) in [5, 5.41) is 12.6. The molecule has 1 rings (SSSR count). The van der Waals surface area contributed by atoms with Crippen molar-refractivity contribution in [2.45, 2.75) is 78.5 Å². The van der Waals surface area contributed by atoms with Gasteiger partial charge in [-0.3, -0.25) is 9.59 Å². The maximum Gasteiger partial charge on any atom is 0.248 e. The highest BCUT2D eigenvalue weighted by atomic mass is 16.3. The Morgan fingerprint density at radius 3 is 2.48 bits per heavy atom. The van der Waals surface area contributed by atoms with Gasteiger partial charge in [0.05, 0.1) is 6.10 Å². The van der Waals surface area contributed by atoms with E-state index in [9.17, 15) is 14.7 Å². The second kappa shape index (κ2) is 7.25. The molecule has 0 aromatic carbocycles. The summed E-state index contributed by atoms with van der Waals surface area (Å²) in [6.45, 7) is 9.76. The minimum Gasteiger partial charge on any atom is -0.391 e. The van der Waals surface area contributed by atoms with E-state index in [0.717, 1.165) is 32.2 Å². The maximum absolute atomic E-state index is 12.7. The molecule has 0 aromatic rings. The Morgan fingerprint density at radius 2 is 2.00 bits per heavy atom. The second-order valence-corrected chi connectivity index (χ2v) is 7.06. The van der Waals surface area contributed by atoms with Crippen LogP contribution in [0.5, 0.6) is 0 Å². The van der Waals surface area contributed by atoms with Crippen molar-refractivity contribution in [2.24, 2.45) is 5.41 Å². The molecule has 3 unspecified atom stereocenters. The molecule has 0 bridgehead atoms. The van der Waals surface area contributed by atoms with Crippen molar-refractivity contribution in [1.82, 2.24) is 10.2 Å². The van der Waals surface area contributed by atoms with Crippen LogP contribution in [0.3, 0.4) is 0 Å². The lowest BCUT2D eigenvalue weighted by Crippen LogP contribution is -2.56. The molecule has 21 heavy (non-hydrogen) atoms. The molecule has 0 radical (unpaired) electrons. The molecule has 5 nitrogen and oxygen atoms in total. The number of likely N-dealkylation sites (tertiary alicyclic amines) is 1. The Kier molecular flexibility index (Phi) is 6.20. The Hall–Kier alpha value is -1.10. The largest absolute Gasteiger partial charge is 0.391 e. The zero-order valence-electron chi connectivity index (χ0n) is 14.0. The molecule has 122 valence electrons. The molecule has 5 heteroatoms. The van der Waals surface area contributed by atoms with Gasteiger partial charge in [0.15, 0.2) is 0 Å². The van der Waals surface area contributed by atoms with Crippen LogP contribution in [-0.4, -0.2) is 46.6 Å². The number of carbonyl (C=O) groups excluding carboxylic acids is 2. The third kappa shape index (κ3) is 4.70. The number of rotatable bonds is 5. The highest BCUT2D eigenvalue weighted by molar-refractivity contribution is 5.90. The molecule has 1 heterocycles. The number of hydrogen-bond acceptors (Lipinski definition) is 3. The molecule has 0 spiro atoms. The second-order valence-electron chi connectivity index (χ2n) is 7.06. The van der Waals surface area contributed by atoms with Crippen LogP contribution in [0.25, 0.3) is 0 Å². The minimum atomic E-state index is -0.897.